The van der Waals surface area contributed by atoms with Crippen molar-refractivity contribution in [1.29, 1.82) is 0 Å². The zero-order valence-electron chi connectivity index (χ0n) is 41.6. The van der Waals surface area contributed by atoms with Gasteiger partial charge in [0, 0.05) is 6.42 Å². The number of aliphatic hydroxyl groups is 1. The normalized spacial score (nSPS) is 15.2. The lowest BCUT2D eigenvalue weighted by Crippen LogP contribution is -2.46. The van der Waals surface area contributed by atoms with Crippen LogP contribution in [0.5, 0.6) is 0 Å². The number of aliphatic hydroxyl groups excluding tert-OH is 1. The van der Waals surface area contributed by atoms with E-state index < -0.39 is 20.0 Å². The van der Waals surface area contributed by atoms with Crippen LogP contribution in [0.2, 0.25) is 0 Å². The van der Waals surface area contributed by atoms with E-state index in [-0.39, 0.29) is 19.1 Å². The number of phosphoric acid groups is 1. The highest BCUT2D eigenvalue weighted by atomic mass is 31.2. The van der Waals surface area contributed by atoms with E-state index >= 15 is 0 Å². The SMILES string of the molecule is CC/C=C\C/C=C\C/C=C\C/C=C\C/C=C\C/C=C\C/C=C\C/C=C\C/C=C\C/C=C\C/C=C\CCCCCCCC(=O)NC(COP(=O)([O-])OCC[N+](C)(C)C)C(O)CCCCCC. The van der Waals surface area contributed by atoms with Gasteiger partial charge < -0.3 is 28.8 Å². The van der Waals surface area contributed by atoms with E-state index in [2.05, 4.69) is 153 Å². The number of nitrogens with zero attached hydrogens (tertiary/aromatic N) is 1. The van der Waals surface area contributed by atoms with E-state index in [0.29, 0.717) is 23.9 Å². The fraction of sp³-hybridized carbons (Fsp3) is 0.589. The molecule has 0 saturated carbocycles. The molecular weight excluding hydrogens is 828 g/mol. The lowest BCUT2D eigenvalue weighted by molar-refractivity contribution is -0.870. The number of carbonyl (C=O) groups excluding carboxylic acids is 1. The number of hydrogen-bond acceptors (Lipinski definition) is 6. The van der Waals surface area contributed by atoms with Gasteiger partial charge in [0.1, 0.15) is 13.2 Å². The van der Waals surface area contributed by atoms with Crippen LogP contribution in [-0.4, -0.2) is 68.5 Å². The number of phosphoric ester groups is 1. The van der Waals surface area contributed by atoms with E-state index in [1.165, 1.54) is 0 Å². The minimum atomic E-state index is -4.56. The molecule has 0 radical (unpaired) electrons. The minimum Gasteiger partial charge on any atom is -0.756 e. The van der Waals surface area contributed by atoms with Crippen molar-refractivity contribution in [3.05, 3.63) is 134 Å². The van der Waals surface area contributed by atoms with Crippen molar-refractivity contribution in [2.24, 2.45) is 0 Å². The van der Waals surface area contributed by atoms with Crippen molar-refractivity contribution < 1.29 is 32.9 Å². The molecule has 0 aliphatic heterocycles. The number of allylic oxidation sites excluding steroid dienone is 22. The van der Waals surface area contributed by atoms with Gasteiger partial charge in [-0.1, -0.05) is 192 Å². The number of amides is 1. The summed E-state index contributed by atoms with van der Waals surface area (Å²) in [5.41, 5.74) is 0. The molecule has 0 spiro atoms. The quantitative estimate of drug-likeness (QED) is 0.0273. The molecule has 0 aromatic carbocycles. The summed E-state index contributed by atoms with van der Waals surface area (Å²) in [4.78, 5) is 25.1. The van der Waals surface area contributed by atoms with E-state index in [1.54, 1.807) is 0 Å². The summed E-state index contributed by atoms with van der Waals surface area (Å²) >= 11 is 0. The summed E-state index contributed by atoms with van der Waals surface area (Å²) < 4.78 is 23.0. The topological polar surface area (TPSA) is 108 Å². The first-order valence-corrected chi connectivity index (χ1v) is 26.5. The number of carbonyl (C=O) groups is 1. The molecule has 0 saturated heterocycles. The predicted molar refractivity (Wildman–Crippen MR) is 278 cm³/mol. The van der Waals surface area contributed by atoms with Gasteiger partial charge in [-0.15, -0.1) is 0 Å². The van der Waals surface area contributed by atoms with Crippen LogP contribution in [0, 0.1) is 0 Å². The molecule has 8 nitrogen and oxygen atoms in total. The van der Waals surface area contributed by atoms with Crippen LogP contribution in [0.4, 0.5) is 0 Å². The smallest absolute Gasteiger partial charge is 0.268 e. The average molecular weight is 921 g/mol. The Morgan fingerprint density at radius 2 is 0.938 bits per heavy atom. The lowest BCUT2D eigenvalue weighted by atomic mass is 10.0. The minimum absolute atomic E-state index is 0.000682. The molecule has 0 aromatic heterocycles. The molecule has 3 atom stereocenters. The summed E-state index contributed by atoms with van der Waals surface area (Å²) in [6.45, 7) is 4.42. The molecular formula is C56H93N2O6P. The maximum Gasteiger partial charge on any atom is 0.268 e. The second-order valence-corrected chi connectivity index (χ2v) is 18.8. The molecule has 0 bridgehead atoms. The Hall–Kier alpha value is -3.36. The number of nitrogens with one attached hydrogen (secondary N) is 1. The van der Waals surface area contributed by atoms with Crippen LogP contribution < -0.4 is 10.2 Å². The van der Waals surface area contributed by atoms with Gasteiger partial charge in [0.05, 0.1) is 39.9 Å². The zero-order valence-corrected chi connectivity index (χ0v) is 42.5. The van der Waals surface area contributed by atoms with Gasteiger partial charge in [-0.25, -0.2) is 0 Å². The van der Waals surface area contributed by atoms with E-state index in [0.717, 1.165) is 135 Å². The third-order valence-electron chi connectivity index (χ3n) is 10.2. The molecule has 368 valence electrons. The molecule has 0 heterocycles. The van der Waals surface area contributed by atoms with Crippen LogP contribution in [-0.2, 0) is 18.4 Å². The number of rotatable bonds is 43. The van der Waals surface area contributed by atoms with Crippen LogP contribution in [0.15, 0.2) is 134 Å². The molecule has 0 aliphatic carbocycles. The molecule has 3 unspecified atom stereocenters. The molecule has 0 fully saturated rings. The second-order valence-electron chi connectivity index (χ2n) is 17.4. The molecule has 65 heavy (non-hydrogen) atoms. The molecule has 2 N–H and O–H groups in total. The summed E-state index contributed by atoms with van der Waals surface area (Å²) in [6.07, 6.45) is 69.8. The van der Waals surface area contributed by atoms with Crippen LogP contribution in [0.1, 0.15) is 162 Å². The highest BCUT2D eigenvalue weighted by Gasteiger charge is 2.24. The Labute approximate surface area is 398 Å². The Morgan fingerprint density at radius 3 is 1.35 bits per heavy atom. The van der Waals surface area contributed by atoms with Gasteiger partial charge in [-0.2, -0.15) is 0 Å². The molecule has 0 aliphatic rings. The summed E-state index contributed by atoms with van der Waals surface area (Å²) in [5.74, 6) is -0.200. The molecule has 0 rings (SSSR count). The largest absolute Gasteiger partial charge is 0.756 e. The first kappa shape index (κ1) is 61.6. The third kappa shape index (κ3) is 48.4. The van der Waals surface area contributed by atoms with Crippen LogP contribution >= 0.6 is 7.82 Å². The fourth-order valence-corrected chi connectivity index (χ4v) is 6.94. The van der Waals surface area contributed by atoms with Crippen molar-refractivity contribution in [2.75, 3.05) is 40.9 Å². The van der Waals surface area contributed by atoms with Crippen LogP contribution in [0.3, 0.4) is 0 Å². The van der Waals surface area contributed by atoms with Crippen molar-refractivity contribution in [3.63, 3.8) is 0 Å². The van der Waals surface area contributed by atoms with Gasteiger partial charge in [-0.05, 0) is 96.3 Å². The first-order chi connectivity index (χ1) is 31.5. The average Bonchev–Trinajstić information content (AvgIpc) is 3.26. The maximum atomic E-state index is 12.7. The Bertz CT molecular complexity index is 1510. The van der Waals surface area contributed by atoms with Gasteiger partial charge in [-0.3, -0.25) is 9.36 Å². The van der Waals surface area contributed by atoms with Gasteiger partial charge in [0.2, 0.25) is 5.91 Å². The Kier molecular flexibility index (Phi) is 43.4. The van der Waals surface area contributed by atoms with E-state index in [9.17, 15) is 19.4 Å². The highest BCUT2D eigenvalue weighted by molar-refractivity contribution is 7.45. The standard InChI is InChI=1S/C56H93N2O6P/c1-6-8-10-12-13-14-15-16-17-18-19-20-21-22-23-24-25-26-27-28-29-30-31-32-33-34-35-36-37-38-39-40-41-42-43-44-45-46-48-50-56(60)57-54(55(59)49-47-11-9-7-2)53-64-65(61,62)63-52-51-58(3,4)5/h8,10,13-14,16-17,19-20,22-23,25-26,28-29,31-32,34-35,37-38,40-41,54-55,59H,6-7,9,11-12,15,18,21,24,27,30,33,36,39,42-53H2,1-5H3,(H-,57,60,61,62)/b10-8-,14-13-,17-16-,20-19-,23-22-,26-25-,29-28-,32-31-,35-34-,38-37-,41-40-. The first-order valence-electron chi connectivity index (χ1n) is 25.0. The lowest BCUT2D eigenvalue weighted by Gasteiger charge is -2.30. The van der Waals surface area contributed by atoms with E-state index in [4.69, 9.17) is 9.05 Å². The summed E-state index contributed by atoms with van der Waals surface area (Å²) in [6, 6.07) is -0.816. The Morgan fingerprint density at radius 1 is 0.554 bits per heavy atom. The van der Waals surface area contributed by atoms with Gasteiger partial charge >= 0.3 is 0 Å². The number of likely N-dealkylation sites (N-methyl/N-ethyl adjacent to an activating group) is 1. The van der Waals surface area contributed by atoms with E-state index in [1.807, 2.05) is 21.1 Å². The number of quaternary nitrogens is 1. The number of unbranched alkanes of at least 4 members (excludes halogenated alkanes) is 8. The van der Waals surface area contributed by atoms with Crippen molar-refractivity contribution >= 4 is 13.7 Å². The second kappa shape index (κ2) is 45.8. The van der Waals surface area contributed by atoms with Gasteiger partial charge in [0.25, 0.3) is 7.82 Å². The predicted octanol–water partition coefficient (Wildman–Crippen LogP) is 14.2. The fourth-order valence-electron chi connectivity index (χ4n) is 6.22. The third-order valence-corrected chi connectivity index (χ3v) is 11.1. The number of hydrogen-bond donors (Lipinski definition) is 2. The van der Waals surface area contributed by atoms with Gasteiger partial charge in [0.15, 0.2) is 0 Å². The summed E-state index contributed by atoms with van der Waals surface area (Å²) in [5, 5.41) is 13.6. The van der Waals surface area contributed by atoms with Crippen molar-refractivity contribution in [1.82, 2.24) is 5.32 Å². The molecule has 0 aromatic rings. The van der Waals surface area contributed by atoms with Crippen LogP contribution in [0.25, 0.3) is 0 Å². The molecule has 9 heteroatoms. The maximum absolute atomic E-state index is 12.7. The molecule has 1 amide bonds. The van der Waals surface area contributed by atoms with Crippen molar-refractivity contribution in [2.45, 2.75) is 174 Å². The Balaban J connectivity index is 3.99. The summed E-state index contributed by atoms with van der Waals surface area (Å²) in [7, 11) is 1.26. The monoisotopic (exact) mass is 921 g/mol. The highest BCUT2D eigenvalue weighted by Crippen LogP contribution is 2.38. The van der Waals surface area contributed by atoms with Crippen molar-refractivity contribution in [3.8, 4) is 0 Å². The zero-order chi connectivity index (χ0) is 47.8.